The van der Waals surface area contributed by atoms with Crippen LogP contribution in [-0.4, -0.2) is 32.7 Å². The number of hydrogen-bond donors (Lipinski definition) is 3. The molecule has 3 rings (SSSR count). The predicted octanol–water partition coefficient (Wildman–Crippen LogP) is 2.47. The van der Waals surface area contributed by atoms with Gasteiger partial charge in [-0.2, -0.15) is 0 Å². The molecule has 2 unspecified atom stereocenters. The summed E-state index contributed by atoms with van der Waals surface area (Å²) in [6, 6.07) is 12.0. The highest BCUT2D eigenvalue weighted by molar-refractivity contribution is 7.83. The van der Waals surface area contributed by atoms with Gasteiger partial charge in [-0.3, -0.25) is 0 Å². The first kappa shape index (κ1) is 17.9. The normalized spacial score (nSPS) is 13.8. The van der Waals surface area contributed by atoms with E-state index < -0.39 is 22.0 Å². The van der Waals surface area contributed by atoms with Gasteiger partial charge in [-0.05, 0) is 35.9 Å². The Hall–Kier alpha value is -1.87. The molecule has 2 atom stereocenters. The van der Waals surface area contributed by atoms with Crippen molar-refractivity contribution in [1.29, 1.82) is 0 Å². The lowest BCUT2D eigenvalue weighted by molar-refractivity contribution is 0.629. The quantitative estimate of drug-likeness (QED) is 0.552. The molecule has 0 bridgehead atoms. The van der Waals surface area contributed by atoms with Crippen molar-refractivity contribution in [2.45, 2.75) is 4.90 Å². The summed E-state index contributed by atoms with van der Waals surface area (Å²) in [6.45, 7) is 0.917. The van der Waals surface area contributed by atoms with Crippen molar-refractivity contribution in [3.8, 4) is 11.1 Å². The molecule has 1 heterocycles. The summed E-state index contributed by atoms with van der Waals surface area (Å²) in [4.78, 5) is 3.72. The van der Waals surface area contributed by atoms with Crippen molar-refractivity contribution < 1.29 is 12.8 Å². The molecule has 0 saturated heterocycles. The van der Waals surface area contributed by atoms with Crippen LogP contribution in [0.15, 0.2) is 53.6 Å². The Bertz CT molecular complexity index is 925. The second-order valence-corrected chi connectivity index (χ2v) is 7.92. The molecule has 0 saturated carbocycles. The summed E-state index contributed by atoms with van der Waals surface area (Å²) in [5.41, 5.74) is 2.67. The first-order valence-corrected chi connectivity index (χ1v) is 10.3. The highest BCUT2D eigenvalue weighted by Crippen LogP contribution is 2.29. The Morgan fingerprint density at radius 2 is 1.76 bits per heavy atom. The van der Waals surface area contributed by atoms with Crippen molar-refractivity contribution in [3.63, 3.8) is 0 Å². The maximum Gasteiger partial charge on any atom is 0.125 e. The Kier molecular flexibility index (Phi) is 5.74. The van der Waals surface area contributed by atoms with Crippen LogP contribution in [0.2, 0.25) is 0 Å². The summed E-state index contributed by atoms with van der Waals surface area (Å²) in [5.74, 6) is -0.279. The second kappa shape index (κ2) is 8.01. The summed E-state index contributed by atoms with van der Waals surface area (Å²) >= 11 is 0. The summed E-state index contributed by atoms with van der Waals surface area (Å²) in [6.07, 6.45) is 3.39. The number of aromatic amines is 1. The number of fused-ring (bicyclic) bond motifs is 1. The van der Waals surface area contributed by atoms with E-state index in [9.17, 15) is 12.8 Å². The SMILES string of the molecule is CS(=O)NCCNS(=O)c1ccc(-c2c[nH]c3cc(F)ccc23)cc1. The molecule has 0 amide bonds. The lowest BCUT2D eigenvalue weighted by atomic mass is 10.1. The van der Waals surface area contributed by atoms with Crippen LogP contribution in [0.5, 0.6) is 0 Å². The molecule has 0 fully saturated rings. The molecule has 0 spiro atoms. The molecular weight excluding hydrogens is 361 g/mol. The van der Waals surface area contributed by atoms with Crippen LogP contribution < -0.4 is 9.44 Å². The third-order valence-corrected chi connectivity index (χ3v) is 5.46. The number of hydrogen-bond acceptors (Lipinski definition) is 2. The van der Waals surface area contributed by atoms with Crippen molar-refractivity contribution in [3.05, 3.63) is 54.5 Å². The molecule has 1 aromatic heterocycles. The zero-order valence-electron chi connectivity index (χ0n) is 13.5. The number of halogens is 1. The smallest absolute Gasteiger partial charge is 0.125 e. The number of benzene rings is 2. The van der Waals surface area contributed by atoms with Crippen LogP contribution in [0.25, 0.3) is 22.0 Å². The van der Waals surface area contributed by atoms with E-state index in [-0.39, 0.29) is 5.82 Å². The van der Waals surface area contributed by atoms with Crippen LogP contribution in [0, 0.1) is 5.82 Å². The standard InChI is InChI=1S/C17H18FN3O2S2/c1-24(22)20-8-9-21-25(23)14-5-2-12(3-6-14)16-11-19-17-10-13(18)4-7-15(16)17/h2-7,10-11,19-21H,8-9H2,1H3. The van der Waals surface area contributed by atoms with Gasteiger partial charge < -0.3 is 4.98 Å². The van der Waals surface area contributed by atoms with E-state index in [1.807, 2.05) is 18.3 Å². The van der Waals surface area contributed by atoms with Gasteiger partial charge in [0.2, 0.25) is 0 Å². The van der Waals surface area contributed by atoms with Gasteiger partial charge >= 0.3 is 0 Å². The van der Waals surface area contributed by atoms with Crippen LogP contribution >= 0.6 is 0 Å². The van der Waals surface area contributed by atoms with E-state index in [0.717, 1.165) is 22.0 Å². The number of rotatable bonds is 7. The van der Waals surface area contributed by atoms with E-state index in [1.54, 1.807) is 24.5 Å². The number of nitrogens with one attached hydrogen (secondary N) is 3. The van der Waals surface area contributed by atoms with Gasteiger partial charge in [0.05, 0.1) is 15.9 Å². The van der Waals surface area contributed by atoms with Gasteiger partial charge in [0, 0.05) is 42.0 Å². The molecule has 3 N–H and O–H groups in total. The monoisotopic (exact) mass is 379 g/mol. The average molecular weight is 379 g/mol. The molecule has 25 heavy (non-hydrogen) atoms. The van der Waals surface area contributed by atoms with E-state index in [4.69, 9.17) is 0 Å². The highest BCUT2D eigenvalue weighted by Gasteiger charge is 2.08. The molecule has 132 valence electrons. The van der Waals surface area contributed by atoms with E-state index in [0.29, 0.717) is 18.0 Å². The fourth-order valence-corrected chi connectivity index (χ4v) is 3.74. The zero-order valence-corrected chi connectivity index (χ0v) is 15.2. The van der Waals surface area contributed by atoms with Gasteiger partial charge in [0.25, 0.3) is 0 Å². The van der Waals surface area contributed by atoms with E-state index >= 15 is 0 Å². The third-order valence-electron chi connectivity index (χ3n) is 3.69. The number of H-pyrrole nitrogens is 1. The molecule has 5 nitrogen and oxygen atoms in total. The highest BCUT2D eigenvalue weighted by atomic mass is 32.2. The minimum Gasteiger partial charge on any atom is -0.360 e. The van der Waals surface area contributed by atoms with Gasteiger partial charge in [-0.1, -0.05) is 12.1 Å². The first-order valence-electron chi connectivity index (χ1n) is 7.64. The van der Waals surface area contributed by atoms with Crippen molar-refractivity contribution in [2.24, 2.45) is 0 Å². The Morgan fingerprint density at radius 3 is 2.48 bits per heavy atom. The number of aromatic nitrogens is 1. The second-order valence-electron chi connectivity index (χ2n) is 5.43. The van der Waals surface area contributed by atoms with E-state index in [1.165, 1.54) is 12.1 Å². The predicted molar refractivity (Wildman–Crippen MR) is 100 cm³/mol. The molecular formula is C17H18FN3O2S2. The van der Waals surface area contributed by atoms with Gasteiger partial charge in [0.1, 0.15) is 16.8 Å². The Morgan fingerprint density at radius 1 is 1.04 bits per heavy atom. The summed E-state index contributed by atoms with van der Waals surface area (Å²) in [5, 5.41) is 0.937. The third kappa shape index (κ3) is 4.40. The molecule has 0 aliphatic carbocycles. The van der Waals surface area contributed by atoms with Gasteiger partial charge in [-0.15, -0.1) is 0 Å². The van der Waals surface area contributed by atoms with Crippen LogP contribution in [0.1, 0.15) is 0 Å². The maximum absolute atomic E-state index is 13.3. The fraction of sp³-hybridized carbons (Fsp3) is 0.176. The first-order chi connectivity index (χ1) is 12.0. The molecule has 8 heteroatoms. The van der Waals surface area contributed by atoms with Gasteiger partial charge in [-0.25, -0.2) is 22.3 Å². The maximum atomic E-state index is 13.3. The van der Waals surface area contributed by atoms with Crippen LogP contribution in [0.4, 0.5) is 4.39 Å². The lowest BCUT2D eigenvalue weighted by Gasteiger charge is -2.06. The summed E-state index contributed by atoms with van der Waals surface area (Å²) < 4.78 is 42.0. The van der Waals surface area contributed by atoms with Crippen molar-refractivity contribution >= 4 is 32.9 Å². The van der Waals surface area contributed by atoms with Gasteiger partial charge in [0.15, 0.2) is 0 Å². The molecule has 2 aromatic carbocycles. The fourth-order valence-electron chi connectivity index (χ4n) is 2.52. The average Bonchev–Trinajstić information content (AvgIpc) is 3.01. The topological polar surface area (TPSA) is 74.0 Å². The van der Waals surface area contributed by atoms with Crippen LogP contribution in [-0.2, 0) is 22.0 Å². The van der Waals surface area contributed by atoms with Crippen molar-refractivity contribution in [2.75, 3.05) is 19.3 Å². The van der Waals surface area contributed by atoms with Crippen molar-refractivity contribution in [1.82, 2.24) is 14.4 Å². The minimum atomic E-state index is -1.33. The molecule has 0 aliphatic heterocycles. The Balaban J connectivity index is 1.71. The summed E-state index contributed by atoms with van der Waals surface area (Å²) in [7, 11) is -2.40. The lowest BCUT2D eigenvalue weighted by Crippen LogP contribution is -2.29. The van der Waals surface area contributed by atoms with E-state index in [2.05, 4.69) is 14.4 Å². The molecule has 0 radical (unpaired) electrons. The van der Waals surface area contributed by atoms with Crippen LogP contribution in [0.3, 0.4) is 0 Å². The molecule has 0 aliphatic rings. The largest absolute Gasteiger partial charge is 0.360 e. The zero-order chi connectivity index (χ0) is 17.8. The Labute approximate surface area is 150 Å². The minimum absolute atomic E-state index is 0.279. The molecule has 3 aromatic rings.